The zero-order chi connectivity index (χ0) is 30.9. The molecule has 10 heteroatoms. The van der Waals surface area contributed by atoms with Crippen molar-refractivity contribution in [3.8, 4) is 5.75 Å². The minimum atomic E-state index is -1.23. The van der Waals surface area contributed by atoms with Crippen LogP contribution in [0, 0.1) is 11.8 Å². The molecule has 228 valence electrons. The molecule has 1 spiro atoms. The Morgan fingerprint density at radius 3 is 2.19 bits per heavy atom. The summed E-state index contributed by atoms with van der Waals surface area (Å²) >= 11 is 6.11. The van der Waals surface area contributed by atoms with Gasteiger partial charge in [0.25, 0.3) is 5.91 Å². The number of amides is 3. The van der Waals surface area contributed by atoms with Gasteiger partial charge >= 0.3 is 0 Å². The summed E-state index contributed by atoms with van der Waals surface area (Å²) < 4.78 is 12.3. The van der Waals surface area contributed by atoms with E-state index in [1.165, 1.54) is 4.90 Å². The monoisotopic (exact) mass is 607 g/mol. The Kier molecular flexibility index (Phi) is 8.70. The minimum Gasteiger partial charge on any atom is -0.494 e. The molecule has 0 radical (unpaired) electrons. The number of hydrogen-bond acceptors (Lipinski definition) is 6. The summed E-state index contributed by atoms with van der Waals surface area (Å²) in [6.45, 7) is 12.0. The molecule has 3 aliphatic heterocycles. The smallest absolute Gasteiger partial charge is 0.253 e. The Balaban J connectivity index is 1.55. The van der Waals surface area contributed by atoms with E-state index in [-0.39, 0.29) is 44.0 Å². The summed E-state index contributed by atoms with van der Waals surface area (Å²) in [4.78, 5) is 47.7. The normalized spacial score (nSPS) is 27.1. The third-order valence-electron chi connectivity index (χ3n) is 8.87. The Labute approximate surface area is 257 Å². The lowest BCUT2D eigenvalue weighted by molar-refractivity contribution is -0.145. The van der Waals surface area contributed by atoms with E-state index in [1.54, 1.807) is 70.5 Å². The van der Waals surface area contributed by atoms with Crippen LogP contribution in [-0.4, -0.2) is 77.8 Å². The standard InChI is InChI=1S/C33H38ClN3O6/c1-5-18-35(24-12-14-25(15-13-24)42-7-3)29(39)26-27-30(40)37(20-21-38)28(33(27)17-16-32(26,4)43-33)31(41)36(19-6-2)23-10-8-22(34)9-11-23/h5-6,8-15,26-28,38H,1-2,7,16-21H2,3-4H3/t26-,27-,28?,32+,33?/m0/s1. The van der Waals surface area contributed by atoms with Gasteiger partial charge in [-0.25, -0.2) is 0 Å². The highest BCUT2D eigenvalue weighted by molar-refractivity contribution is 6.30. The Bertz CT molecular complexity index is 1400. The first kappa shape index (κ1) is 30.8. The van der Waals surface area contributed by atoms with Crippen molar-refractivity contribution in [1.82, 2.24) is 4.90 Å². The molecule has 2 unspecified atom stereocenters. The molecule has 5 atom stereocenters. The maximum absolute atomic E-state index is 14.5. The van der Waals surface area contributed by atoms with Crippen LogP contribution in [0.25, 0.3) is 0 Å². The van der Waals surface area contributed by atoms with Crippen LogP contribution in [0.2, 0.25) is 5.02 Å². The van der Waals surface area contributed by atoms with Crippen LogP contribution in [0.1, 0.15) is 26.7 Å². The molecule has 43 heavy (non-hydrogen) atoms. The van der Waals surface area contributed by atoms with Gasteiger partial charge in [0, 0.05) is 36.0 Å². The number of benzene rings is 2. The molecule has 0 aliphatic carbocycles. The fraction of sp³-hybridized carbons (Fsp3) is 0.424. The van der Waals surface area contributed by atoms with Gasteiger partial charge in [-0.05, 0) is 75.2 Å². The van der Waals surface area contributed by atoms with E-state index in [2.05, 4.69) is 13.2 Å². The van der Waals surface area contributed by atoms with Crippen molar-refractivity contribution >= 4 is 40.7 Å². The molecule has 2 aromatic carbocycles. The number of fused-ring (bicyclic) bond motifs is 1. The highest BCUT2D eigenvalue weighted by Crippen LogP contribution is 2.63. The summed E-state index contributed by atoms with van der Waals surface area (Å²) in [7, 11) is 0. The lowest BCUT2D eigenvalue weighted by Gasteiger charge is -2.36. The van der Waals surface area contributed by atoms with Crippen LogP contribution < -0.4 is 14.5 Å². The average molecular weight is 608 g/mol. The molecule has 3 amide bonds. The van der Waals surface area contributed by atoms with Crippen LogP contribution in [0.4, 0.5) is 11.4 Å². The first-order valence-corrected chi connectivity index (χ1v) is 15.0. The average Bonchev–Trinajstić information content (AvgIpc) is 3.56. The van der Waals surface area contributed by atoms with Gasteiger partial charge in [0.15, 0.2) is 0 Å². The number of carbonyl (C=O) groups is 3. The van der Waals surface area contributed by atoms with E-state index in [4.69, 9.17) is 21.1 Å². The predicted molar refractivity (Wildman–Crippen MR) is 165 cm³/mol. The Morgan fingerprint density at radius 1 is 1.05 bits per heavy atom. The van der Waals surface area contributed by atoms with Crippen LogP contribution in [0.3, 0.4) is 0 Å². The van der Waals surface area contributed by atoms with Crippen LogP contribution in [0.5, 0.6) is 5.75 Å². The zero-order valence-electron chi connectivity index (χ0n) is 24.6. The van der Waals surface area contributed by atoms with E-state index in [0.717, 1.165) is 0 Å². The molecule has 3 fully saturated rings. The molecule has 2 bridgehead atoms. The number of halogens is 1. The van der Waals surface area contributed by atoms with E-state index in [0.29, 0.717) is 41.6 Å². The van der Waals surface area contributed by atoms with Gasteiger partial charge in [0.05, 0.1) is 30.7 Å². The highest BCUT2D eigenvalue weighted by atomic mass is 35.5. The number of rotatable bonds is 12. The fourth-order valence-electron chi connectivity index (χ4n) is 7.16. The predicted octanol–water partition coefficient (Wildman–Crippen LogP) is 4.23. The minimum absolute atomic E-state index is 0.0632. The number of aliphatic hydroxyl groups is 1. The van der Waals surface area contributed by atoms with E-state index < -0.39 is 29.1 Å². The third kappa shape index (κ3) is 5.13. The molecular weight excluding hydrogens is 570 g/mol. The molecule has 0 saturated carbocycles. The van der Waals surface area contributed by atoms with Crippen molar-refractivity contribution in [2.45, 2.75) is 43.9 Å². The second kappa shape index (κ2) is 12.1. The maximum atomic E-state index is 14.5. The number of ether oxygens (including phenoxy) is 2. The van der Waals surface area contributed by atoms with Gasteiger partial charge < -0.3 is 29.3 Å². The summed E-state index contributed by atoms with van der Waals surface area (Å²) in [5.41, 5.74) is -0.971. The largest absolute Gasteiger partial charge is 0.494 e. The number of hydrogen-bond donors (Lipinski definition) is 1. The van der Waals surface area contributed by atoms with E-state index in [9.17, 15) is 19.5 Å². The van der Waals surface area contributed by atoms with E-state index >= 15 is 0 Å². The number of likely N-dealkylation sites (tertiary alicyclic amines) is 1. The lowest BCUT2D eigenvalue weighted by Crippen LogP contribution is -2.57. The molecule has 3 heterocycles. The van der Waals surface area contributed by atoms with Crippen LogP contribution in [0.15, 0.2) is 73.8 Å². The van der Waals surface area contributed by atoms with Crippen LogP contribution >= 0.6 is 11.6 Å². The first-order chi connectivity index (χ1) is 20.7. The van der Waals surface area contributed by atoms with Crippen LogP contribution in [-0.2, 0) is 19.1 Å². The number of nitrogens with zero attached hydrogens (tertiary/aromatic N) is 3. The fourth-order valence-corrected chi connectivity index (χ4v) is 7.28. The molecule has 1 N–H and O–H groups in total. The van der Waals surface area contributed by atoms with Crippen molar-refractivity contribution in [2.24, 2.45) is 11.8 Å². The summed E-state index contributed by atoms with van der Waals surface area (Å²) in [5, 5.41) is 10.5. The zero-order valence-corrected chi connectivity index (χ0v) is 25.3. The number of β-amino-alcohol motifs (C(OH)–C–C–N with tert-alkyl or cyclic N) is 1. The van der Waals surface area contributed by atoms with Crippen molar-refractivity contribution in [1.29, 1.82) is 0 Å². The third-order valence-corrected chi connectivity index (χ3v) is 9.12. The van der Waals surface area contributed by atoms with Gasteiger partial charge in [-0.2, -0.15) is 0 Å². The van der Waals surface area contributed by atoms with Gasteiger partial charge in [0.2, 0.25) is 11.8 Å². The van der Waals surface area contributed by atoms with Crippen molar-refractivity contribution < 1.29 is 29.0 Å². The van der Waals surface area contributed by atoms with Crippen molar-refractivity contribution in [3.63, 3.8) is 0 Å². The van der Waals surface area contributed by atoms with E-state index in [1.807, 2.05) is 13.8 Å². The van der Waals surface area contributed by atoms with Crippen molar-refractivity contribution in [2.75, 3.05) is 42.6 Å². The van der Waals surface area contributed by atoms with Crippen molar-refractivity contribution in [3.05, 3.63) is 78.9 Å². The molecule has 9 nitrogen and oxygen atoms in total. The first-order valence-electron chi connectivity index (χ1n) is 14.6. The van der Waals surface area contributed by atoms with Gasteiger partial charge in [-0.3, -0.25) is 14.4 Å². The SMILES string of the molecule is C=CCN(C(=O)C1N(CCO)C(=O)[C@@H]2[C@@H](C(=O)N(CC=C)c3ccc(OCC)cc3)[C@@]3(C)CCC12O3)c1ccc(Cl)cc1. The molecular formula is C33H38ClN3O6. The quantitative estimate of drug-likeness (QED) is 0.363. The lowest BCUT2D eigenvalue weighted by atomic mass is 9.66. The molecule has 3 saturated heterocycles. The number of carbonyl (C=O) groups excluding carboxylic acids is 3. The molecule has 2 aromatic rings. The number of aliphatic hydroxyl groups excluding tert-OH is 1. The second-order valence-corrected chi connectivity index (χ2v) is 11.8. The van der Waals surface area contributed by atoms with Gasteiger partial charge in [0.1, 0.15) is 17.4 Å². The summed E-state index contributed by atoms with van der Waals surface area (Å²) in [5.74, 6) is -2.06. The summed E-state index contributed by atoms with van der Waals surface area (Å²) in [6, 6.07) is 13.0. The molecule has 5 rings (SSSR count). The Hall–Kier alpha value is -3.66. The highest BCUT2D eigenvalue weighted by Gasteiger charge is 2.78. The molecule has 0 aromatic heterocycles. The number of anilines is 2. The maximum Gasteiger partial charge on any atom is 0.253 e. The Morgan fingerprint density at radius 2 is 1.63 bits per heavy atom. The molecule has 3 aliphatic rings. The van der Waals surface area contributed by atoms with Gasteiger partial charge in [-0.1, -0.05) is 23.8 Å². The summed E-state index contributed by atoms with van der Waals surface area (Å²) in [6.07, 6.45) is 4.17. The topological polar surface area (TPSA) is 99.6 Å². The van der Waals surface area contributed by atoms with Gasteiger partial charge in [-0.15, -0.1) is 13.2 Å². The second-order valence-electron chi connectivity index (χ2n) is 11.4.